The third-order valence-corrected chi connectivity index (χ3v) is 10.9. The summed E-state index contributed by atoms with van der Waals surface area (Å²) in [5, 5.41) is 0. The van der Waals surface area contributed by atoms with E-state index in [0.717, 1.165) is 28.7 Å². The first-order chi connectivity index (χ1) is 25.0. The van der Waals surface area contributed by atoms with Gasteiger partial charge in [-0.25, -0.2) is 4.79 Å². The van der Waals surface area contributed by atoms with E-state index in [2.05, 4.69) is 48.5 Å². The minimum absolute atomic E-state index is 0.0258. The van der Waals surface area contributed by atoms with E-state index >= 15 is 0 Å². The normalized spacial score (nSPS) is 24.6. The number of ether oxygens (including phenoxy) is 4. The zero-order valence-electron chi connectivity index (χ0n) is 31.2. The molecule has 3 fully saturated rings. The van der Waals surface area contributed by atoms with E-state index in [1.54, 1.807) is 19.1 Å². The number of carbonyl (C=O) groups is 1. The van der Waals surface area contributed by atoms with Gasteiger partial charge in [-0.05, 0) is 75.0 Å². The summed E-state index contributed by atoms with van der Waals surface area (Å²) in [5.41, 5.74) is 0.0820. The maximum absolute atomic E-state index is 13.6. The van der Waals surface area contributed by atoms with Crippen LogP contribution in [0.4, 0.5) is 4.79 Å². The van der Waals surface area contributed by atoms with Gasteiger partial charge < -0.3 is 28.3 Å². The van der Waals surface area contributed by atoms with Crippen molar-refractivity contribution in [3.63, 3.8) is 0 Å². The van der Waals surface area contributed by atoms with Crippen LogP contribution in [0.15, 0.2) is 121 Å². The molecule has 7 rings (SSSR count). The minimum Gasteiger partial charge on any atom is -0.444 e. The highest BCUT2D eigenvalue weighted by Gasteiger charge is 2.67. The molecule has 1 amide bonds. The Labute approximate surface area is 308 Å². The standard InChI is InChI=1S/C43H50BNO7/c1-40(2,3)50-39(46)45-36(29-49-41(45,4)5)34-28-35(34)44-51-37(42(47-6,30-20-12-8-13-21-30)31-22-14-9-15-23-31)38(52-44)43(48-7,32-24-16-10-17-25-32)33-26-18-11-19-27-33/h8-27,34-38H,28-29H2,1-7H3/t34-,35-,36-,37-,38-/m0/s1. The largest absolute Gasteiger partial charge is 0.461 e. The predicted octanol–water partition coefficient (Wildman–Crippen LogP) is 8.20. The summed E-state index contributed by atoms with van der Waals surface area (Å²) < 4.78 is 40.3. The molecule has 0 spiro atoms. The second-order valence-corrected chi connectivity index (χ2v) is 15.6. The molecule has 2 aliphatic heterocycles. The second-order valence-electron chi connectivity index (χ2n) is 15.6. The van der Waals surface area contributed by atoms with E-state index < -0.39 is 41.9 Å². The zero-order chi connectivity index (χ0) is 36.7. The number of benzene rings is 4. The molecular formula is C43H50BNO7. The van der Waals surface area contributed by atoms with Gasteiger partial charge in [-0.3, -0.25) is 4.90 Å². The molecule has 5 atom stereocenters. The molecule has 9 heteroatoms. The van der Waals surface area contributed by atoms with E-state index in [1.165, 1.54) is 0 Å². The molecule has 2 heterocycles. The molecule has 3 aliphatic rings. The quantitative estimate of drug-likeness (QED) is 0.154. The Morgan fingerprint density at radius 1 is 0.692 bits per heavy atom. The Balaban J connectivity index is 1.35. The van der Waals surface area contributed by atoms with Gasteiger partial charge >= 0.3 is 13.2 Å². The van der Waals surface area contributed by atoms with Crippen LogP contribution in [0.5, 0.6) is 0 Å². The van der Waals surface area contributed by atoms with Gasteiger partial charge in [0.25, 0.3) is 0 Å². The van der Waals surface area contributed by atoms with E-state index in [-0.39, 0.29) is 23.9 Å². The first kappa shape index (κ1) is 36.4. The molecule has 4 aromatic rings. The van der Waals surface area contributed by atoms with Crippen LogP contribution in [0, 0.1) is 5.92 Å². The zero-order valence-corrected chi connectivity index (χ0v) is 31.2. The van der Waals surface area contributed by atoms with Crippen LogP contribution in [0.2, 0.25) is 5.82 Å². The summed E-state index contributed by atoms with van der Waals surface area (Å²) in [6, 6.07) is 40.7. The maximum atomic E-state index is 13.6. The Bertz CT molecular complexity index is 1620. The summed E-state index contributed by atoms with van der Waals surface area (Å²) in [5.74, 6) is 0.0385. The number of amides is 1. The van der Waals surface area contributed by atoms with E-state index in [4.69, 9.17) is 28.3 Å². The average molecular weight is 704 g/mol. The molecule has 2 saturated heterocycles. The lowest BCUT2D eigenvalue weighted by Crippen LogP contribution is -2.56. The lowest BCUT2D eigenvalue weighted by Gasteiger charge is -2.47. The fourth-order valence-electron chi connectivity index (χ4n) is 8.53. The van der Waals surface area contributed by atoms with Gasteiger partial charge in [0.1, 0.15) is 34.7 Å². The summed E-state index contributed by atoms with van der Waals surface area (Å²) in [6.45, 7) is 9.89. The monoisotopic (exact) mass is 703 g/mol. The topological polar surface area (TPSA) is 75.7 Å². The minimum atomic E-state index is -1.10. The molecule has 0 N–H and O–H groups in total. The molecule has 0 unspecified atom stereocenters. The first-order valence-corrected chi connectivity index (χ1v) is 18.3. The molecule has 8 nitrogen and oxygen atoms in total. The van der Waals surface area contributed by atoms with E-state index in [0.29, 0.717) is 6.61 Å². The summed E-state index contributed by atoms with van der Waals surface area (Å²) in [7, 11) is 2.85. The van der Waals surface area contributed by atoms with Crippen LogP contribution in [0.3, 0.4) is 0 Å². The molecular weight excluding hydrogens is 653 g/mol. The van der Waals surface area contributed by atoms with Crippen molar-refractivity contribution in [3.05, 3.63) is 144 Å². The molecule has 1 saturated carbocycles. The Hall–Kier alpha value is -3.99. The van der Waals surface area contributed by atoms with Crippen LogP contribution in [-0.4, -0.2) is 68.5 Å². The average Bonchev–Trinajstić information content (AvgIpc) is 3.70. The lowest BCUT2D eigenvalue weighted by atomic mass is 9.71. The highest BCUT2D eigenvalue weighted by Crippen LogP contribution is 2.59. The van der Waals surface area contributed by atoms with Gasteiger partial charge in [0.2, 0.25) is 0 Å². The Morgan fingerprint density at radius 3 is 1.42 bits per heavy atom. The summed E-state index contributed by atoms with van der Waals surface area (Å²) in [6.07, 6.45) is -0.965. The van der Waals surface area contributed by atoms with Crippen LogP contribution >= 0.6 is 0 Å². The van der Waals surface area contributed by atoms with E-state index in [1.807, 2.05) is 107 Å². The van der Waals surface area contributed by atoms with Crippen LogP contribution in [0.1, 0.15) is 63.3 Å². The number of hydrogen-bond acceptors (Lipinski definition) is 7. The fourth-order valence-corrected chi connectivity index (χ4v) is 8.53. The van der Waals surface area contributed by atoms with Crippen LogP contribution < -0.4 is 0 Å². The van der Waals surface area contributed by atoms with Crippen molar-refractivity contribution in [3.8, 4) is 0 Å². The summed E-state index contributed by atoms with van der Waals surface area (Å²) in [4.78, 5) is 15.4. The molecule has 272 valence electrons. The molecule has 0 radical (unpaired) electrons. The number of rotatable bonds is 10. The number of hydrogen-bond donors (Lipinski definition) is 0. The van der Waals surface area contributed by atoms with Gasteiger partial charge in [-0.1, -0.05) is 121 Å². The van der Waals surface area contributed by atoms with Crippen molar-refractivity contribution in [2.24, 2.45) is 5.92 Å². The van der Waals surface area contributed by atoms with Crippen molar-refractivity contribution in [2.75, 3.05) is 20.8 Å². The van der Waals surface area contributed by atoms with Crippen LogP contribution in [-0.2, 0) is 39.5 Å². The van der Waals surface area contributed by atoms with Crippen molar-refractivity contribution < 1.29 is 33.1 Å². The first-order valence-electron chi connectivity index (χ1n) is 18.3. The third-order valence-electron chi connectivity index (χ3n) is 10.9. The molecule has 4 aromatic carbocycles. The Kier molecular flexibility index (Phi) is 9.87. The van der Waals surface area contributed by atoms with Crippen molar-refractivity contribution in [1.29, 1.82) is 0 Å². The summed E-state index contributed by atoms with van der Waals surface area (Å²) >= 11 is 0. The smallest absolute Gasteiger partial charge is 0.444 e. The van der Waals surface area contributed by atoms with Gasteiger partial charge in [0, 0.05) is 14.2 Å². The number of methoxy groups -OCH3 is 2. The van der Waals surface area contributed by atoms with Crippen molar-refractivity contribution in [1.82, 2.24) is 4.90 Å². The van der Waals surface area contributed by atoms with Gasteiger partial charge in [0.05, 0.1) is 12.6 Å². The maximum Gasteiger partial charge on any atom is 0.461 e. The third kappa shape index (κ3) is 6.37. The highest BCUT2D eigenvalue weighted by molar-refractivity contribution is 6.48. The van der Waals surface area contributed by atoms with Gasteiger partial charge in [-0.15, -0.1) is 0 Å². The van der Waals surface area contributed by atoms with Gasteiger partial charge in [0.15, 0.2) is 0 Å². The van der Waals surface area contributed by atoms with E-state index in [9.17, 15) is 4.79 Å². The number of carbonyl (C=O) groups excluding carboxylic acids is 1. The van der Waals surface area contributed by atoms with Crippen LogP contribution in [0.25, 0.3) is 0 Å². The second kappa shape index (κ2) is 14.1. The highest BCUT2D eigenvalue weighted by atomic mass is 16.7. The predicted molar refractivity (Wildman–Crippen MR) is 201 cm³/mol. The molecule has 0 bridgehead atoms. The SMILES string of the molecule is COC(c1ccccc1)(c1ccccc1)[C@H]1OB([C@H]2C[C@@H]2[C@@H]2COC(C)(C)N2C(=O)OC(C)(C)C)O[C@@H]1C(OC)(c1ccccc1)c1ccccc1. The van der Waals surface area contributed by atoms with Crippen molar-refractivity contribution >= 4 is 13.2 Å². The number of nitrogens with zero attached hydrogens (tertiary/aromatic N) is 1. The Morgan fingerprint density at radius 2 is 1.08 bits per heavy atom. The lowest BCUT2D eigenvalue weighted by molar-refractivity contribution is -0.136. The fraction of sp³-hybridized carbons (Fsp3) is 0.419. The van der Waals surface area contributed by atoms with Crippen molar-refractivity contribution in [2.45, 2.75) is 87.6 Å². The molecule has 52 heavy (non-hydrogen) atoms. The molecule has 0 aromatic heterocycles. The molecule has 1 aliphatic carbocycles. The van der Waals surface area contributed by atoms with Gasteiger partial charge in [-0.2, -0.15) is 0 Å².